The third kappa shape index (κ3) is 4.82. The van der Waals surface area contributed by atoms with Crippen LogP contribution in [0.4, 0.5) is 5.69 Å². The minimum Gasteiger partial charge on any atom is -0.486 e. The van der Waals surface area contributed by atoms with Crippen molar-refractivity contribution in [3.63, 3.8) is 0 Å². The summed E-state index contributed by atoms with van der Waals surface area (Å²) in [4.78, 5) is 26.1. The summed E-state index contributed by atoms with van der Waals surface area (Å²) in [6.45, 7) is 5.62. The number of fused-ring (bicyclic) bond motifs is 2. The monoisotopic (exact) mass is 423 g/mol. The molecule has 2 aromatic rings. The van der Waals surface area contributed by atoms with Gasteiger partial charge in [-0.15, -0.1) is 0 Å². The third-order valence-electron chi connectivity index (χ3n) is 6.00. The number of amides is 2. The van der Waals surface area contributed by atoms with E-state index >= 15 is 0 Å². The van der Waals surface area contributed by atoms with Crippen LogP contribution in [0.1, 0.15) is 31.4 Å². The van der Waals surface area contributed by atoms with Crippen molar-refractivity contribution in [3.8, 4) is 11.5 Å². The van der Waals surface area contributed by atoms with Crippen molar-refractivity contribution in [1.82, 2.24) is 10.6 Å². The molecule has 2 aromatic carbocycles. The van der Waals surface area contributed by atoms with E-state index in [2.05, 4.69) is 28.1 Å². The smallest absolute Gasteiger partial charge is 0.247 e. The molecule has 4 rings (SSSR count). The van der Waals surface area contributed by atoms with E-state index < -0.39 is 6.04 Å². The molecule has 0 radical (unpaired) electrons. The van der Waals surface area contributed by atoms with Gasteiger partial charge in [0, 0.05) is 18.3 Å². The van der Waals surface area contributed by atoms with Gasteiger partial charge in [-0.25, -0.2) is 0 Å². The maximum atomic E-state index is 13.1. The minimum atomic E-state index is -0.635. The Kier molecular flexibility index (Phi) is 6.42. The van der Waals surface area contributed by atoms with Crippen molar-refractivity contribution >= 4 is 17.5 Å². The van der Waals surface area contributed by atoms with Crippen molar-refractivity contribution in [1.29, 1.82) is 0 Å². The average Bonchev–Trinajstić information content (AvgIpc) is 2.81. The van der Waals surface area contributed by atoms with E-state index in [0.29, 0.717) is 43.4 Å². The van der Waals surface area contributed by atoms with Crippen LogP contribution in [0.15, 0.2) is 42.5 Å². The van der Waals surface area contributed by atoms with Crippen LogP contribution in [0.25, 0.3) is 0 Å². The van der Waals surface area contributed by atoms with Gasteiger partial charge in [-0.3, -0.25) is 9.59 Å². The second-order valence-corrected chi connectivity index (χ2v) is 8.13. The zero-order valence-corrected chi connectivity index (χ0v) is 17.9. The number of rotatable bonds is 6. The Morgan fingerprint density at radius 3 is 2.61 bits per heavy atom. The fourth-order valence-corrected chi connectivity index (χ4v) is 3.94. The molecule has 2 aliphatic heterocycles. The van der Waals surface area contributed by atoms with E-state index in [1.807, 2.05) is 26.0 Å². The topological polar surface area (TPSA) is 88.7 Å². The highest BCUT2D eigenvalue weighted by Gasteiger charge is 2.31. The molecule has 7 heteroatoms. The van der Waals surface area contributed by atoms with Crippen molar-refractivity contribution in [2.45, 2.75) is 45.3 Å². The molecule has 3 N–H and O–H groups in total. The maximum absolute atomic E-state index is 13.1. The molecule has 3 atom stereocenters. The second kappa shape index (κ2) is 9.39. The predicted molar refractivity (Wildman–Crippen MR) is 118 cm³/mol. The number of hydrogen-bond acceptors (Lipinski definition) is 5. The first-order chi connectivity index (χ1) is 15.0. The fraction of sp³-hybridized carbons (Fsp3) is 0.417. The third-order valence-corrected chi connectivity index (χ3v) is 6.00. The molecule has 0 bridgehead atoms. The summed E-state index contributed by atoms with van der Waals surface area (Å²) < 4.78 is 11.1. The molecule has 0 saturated heterocycles. The van der Waals surface area contributed by atoms with Crippen LogP contribution in [-0.4, -0.2) is 37.1 Å². The Labute approximate surface area is 182 Å². The van der Waals surface area contributed by atoms with Crippen molar-refractivity contribution in [2.75, 3.05) is 18.5 Å². The molecule has 0 aromatic heterocycles. The highest BCUT2D eigenvalue weighted by Crippen LogP contribution is 2.32. The van der Waals surface area contributed by atoms with Crippen LogP contribution in [-0.2, 0) is 22.6 Å². The van der Waals surface area contributed by atoms with E-state index in [0.717, 1.165) is 6.42 Å². The zero-order chi connectivity index (χ0) is 21.8. The fourth-order valence-electron chi connectivity index (χ4n) is 3.94. The molecule has 0 spiro atoms. The summed E-state index contributed by atoms with van der Waals surface area (Å²) in [5.41, 5.74) is 2.99. The van der Waals surface area contributed by atoms with Crippen LogP contribution in [0.2, 0.25) is 0 Å². The highest BCUT2D eigenvalue weighted by molar-refractivity contribution is 5.98. The van der Waals surface area contributed by atoms with E-state index in [-0.39, 0.29) is 23.8 Å². The SMILES string of the molecule is CC[C@H](C)[C@@H](NC(=O)[C@H]1Cc2ccccc2CN1)C(=O)Nc1ccc2c(c1)OCCO2. The van der Waals surface area contributed by atoms with Gasteiger partial charge in [0.2, 0.25) is 11.8 Å². The molecular weight excluding hydrogens is 394 g/mol. The van der Waals surface area contributed by atoms with Crippen molar-refractivity contribution in [2.24, 2.45) is 5.92 Å². The van der Waals surface area contributed by atoms with E-state index in [1.54, 1.807) is 18.2 Å². The van der Waals surface area contributed by atoms with Crippen LogP contribution >= 0.6 is 0 Å². The molecule has 0 aliphatic carbocycles. The molecule has 2 aliphatic rings. The standard InChI is InChI=1S/C24H29N3O4/c1-3-15(2)22(24(29)26-18-8-9-20-21(13-18)31-11-10-30-20)27-23(28)19-12-16-6-4-5-7-17(16)14-25-19/h4-9,13,15,19,22,25H,3,10-12,14H2,1-2H3,(H,26,29)(H,27,28)/t15-,19+,22+/m0/s1. The number of nitrogens with one attached hydrogen (secondary N) is 3. The first-order valence-electron chi connectivity index (χ1n) is 10.9. The van der Waals surface area contributed by atoms with Crippen LogP contribution < -0.4 is 25.4 Å². The number of ether oxygens (including phenoxy) is 2. The van der Waals surface area contributed by atoms with Gasteiger partial charge in [0.05, 0.1) is 6.04 Å². The van der Waals surface area contributed by atoms with Gasteiger partial charge in [0.15, 0.2) is 11.5 Å². The quantitative estimate of drug-likeness (QED) is 0.665. The normalized spacial score (nSPS) is 19.0. The van der Waals surface area contributed by atoms with Gasteiger partial charge in [-0.05, 0) is 35.6 Å². The number of anilines is 1. The molecule has 164 valence electrons. The molecule has 0 unspecified atom stereocenters. The predicted octanol–water partition coefficient (Wildman–Crippen LogP) is 2.64. The molecule has 0 fully saturated rings. The number of benzene rings is 2. The lowest BCUT2D eigenvalue weighted by Crippen LogP contribution is -2.55. The molecular formula is C24H29N3O4. The van der Waals surface area contributed by atoms with Crippen LogP contribution in [0.5, 0.6) is 11.5 Å². The maximum Gasteiger partial charge on any atom is 0.247 e. The second-order valence-electron chi connectivity index (χ2n) is 8.13. The molecule has 0 saturated carbocycles. The van der Waals surface area contributed by atoms with Gasteiger partial charge in [-0.1, -0.05) is 44.5 Å². The van der Waals surface area contributed by atoms with E-state index in [9.17, 15) is 9.59 Å². The highest BCUT2D eigenvalue weighted by atomic mass is 16.6. The summed E-state index contributed by atoms with van der Waals surface area (Å²) in [5.74, 6) is 0.864. The summed E-state index contributed by atoms with van der Waals surface area (Å²) in [6, 6.07) is 12.4. The molecule has 7 nitrogen and oxygen atoms in total. The Balaban J connectivity index is 1.43. The van der Waals surface area contributed by atoms with Crippen molar-refractivity contribution in [3.05, 3.63) is 53.6 Å². The Morgan fingerprint density at radius 1 is 1.10 bits per heavy atom. The van der Waals surface area contributed by atoms with Crippen molar-refractivity contribution < 1.29 is 19.1 Å². The summed E-state index contributed by atoms with van der Waals surface area (Å²) in [5, 5.41) is 9.19. The largest absolute Gasteiger partial charge is 0.486 e. The van der Waals surface area contributed by atoms with E-state index in [4.69, 9.17) is 9.47 Å². The Hall–Kier alpha value is -3.06. The molecule has 2 heterocycles. The molecule has 2 amide bonds. The van der Waals surface area contributed by atoms with Gasteiger partial charge < -0.3 is 25.4 Å². The van der Waals surface area contributed by atoms with Gasteiger partial charge in [0.1, 0.15) is 19.3 Å². The zero-order valence-electron chi connectivity index (χ0n) is 17.9. The lowest BCUT2D eigenvalue weighted by molar-refractivity contribution is -0.129. The summed E-state index contributed by atoms with van der Waals surface area (Å²) in [6.07, 6.45) is 1.37. The number of carbonyl (C=O) groups excluding carboxylic acids is 2. The number of hydrogen-bond donors (Lipinski definition) is 3. The lowest BCUT2D eigenvalue weighted by atomic mass is 9.94. The van der Waals surface area contributed by atoms with Crippen LogP contribution in [0, 0.1) is 5.92 Å². The minimum absolute atomic E-state index is 0.0166. The Morgan fingerprint density at radius 2 is 1.84 bits per heavy atom. The van der Waals surface area contributed by atoms with Crippen LogP contribution in [0.3, 0.4) is 0 Å². The summed E-state index contributed by atoms with van der Waals surface area (Å²) in [7, 11) is 0. The summed E-state index contributed by atoms with van der Waals surface area (Å²) >= 11 is 0. The van der Waals surface area contributed by atoms with Gasteiger partial charge in [0.25, 0.3) is 0 Å². The molecule has 31 heavy (non-hydrogen) atoms. The first-order valence-corrected chi connectivity index (χ1v) is 10.9. The van der Waals surface area contributed by atoms with Gasteiger partial charge in [-0.2, -0.15) is 0 Å². The first kappa shape index (κ1) is 21.2. The van der Waals surface area contributed by atoms with E-state index in [1.165, 1.54) is 11.1 Å². The lowest BCUT2D eigenvalue weighted by Gasteiger charge is -2.29. The average molecular weight is 424 g/mol. The number of carbonyl (C=O) groups is 2. The Bertz CT molecular complexity index is 962. The van der Waals surface area contributed by atoms with Gasteiger partial charge >= 0.3 is 0 Å².